The van der Waals surface area contributed by atoms with Gasteiger partial charge < -0.3 is 9.64 Å². The normalized spacial score (nSPS) is 40.8. The van der Waals surface area contributed by atoms with Gasteiger partial charge in [0.05, 0.1) is 23.9 Å². The number of carbonyl (C=O) groups is 1. The molecule has 4 unspecified atom stereocenters. The molecule has 2 fully saturated rings. The van der Waals surface area contributed by atoms with Gasteiger partial charge in [-0.25, -0.2) is 0 Å². The van der Waals surface area contributed by atoms with Gasteiger partial charge >= 0.3 is 0 Å². The van der Waals surface area contributed by atoms with Crippen LogP contribution in [0.2, 0.25) is 0 Å². The fourth-order valence-corrected chi connectivity index (χ4v) is 3.13. The molecule has 2 aliphatic rings. The fraction of sp³-hybridized carbons (Fsp3) is 0.929. The number of nitrogens with one attached hydrogen (secondary N) is 1. The Bertz CT molecular complexity index is 321. The van der Waals surface area contributed by atoms with Crippen LogP contribution in [-0.4, -0.2) is 41.3 Å². The van der Waals surface area contributed by atoms with Crippen LogP contribution >= 0.6 is 0 Å². The highest BCUT2D eigenvalue weighted by molar-refractivity contribution is 5.88. The lowest BCUT2D eigenvalue weighted by molar-refractivity contribution is -0.136. The molecule has 2 saturated heterocycles. The smallest absolute Gasteiger partial charge is 0.244 e. The molecule has 0 aromatic heterocycles. The molecule has 4 atom stereocenters. The second kappa shape index (κ2) is 5.17. The summed E-state index contributed by atoms with van der Waals surface area (Å²) in [6.07, 6.45) is 4.25. The topological polar surface area (TPSA) is 41.6 Å². The summed E-state index contributed by atoms with van der Waals surface area (Å²) in [6.45, 7) is 9.12. The zero-order chi connectivity index (χ0) is 13.3. The molecule has 0 aliphatic carbocycles. The highest BCUT2D eigenvalue weighted by Gasteiger charge is 2.50. The first kappa shape index (κ1) is 13.8. The maximum atomic E-state index is 12.7. The molecule has 0 bridgehead atoms. The minimum absolute atomic E-state index is 0.161. The quantitative estimate of drug-likeness (QED) is 0.833. The largest absolute Gasteiger partial charge is 0.376 e. The minimum Gasteiger partial charge on any atom is -0.376 e. The molecule has 18 heavy (non-hydrogen) atoms. The van der Waals surface area contributed by atoms with Crippen LogP contribution in [0.15, 0.2) is 0 Å². The molecule has 0 spiro atoms. The van der Waals surface area contributed by atoms with Gasteiger partial charge in [0.15, 0.2) is 0 Å². The lowest BCUT2D eigenvalue weighted by Gasteiger charge is -2.32. The van der Waals surface area contributed by atoms with E-state index in [4.69, 9.17) is 4.74 Å². The second-order valence-corrected chi connectivity index (χ2v) is 5.78. The van der Waals surface area contributed by atoms with E-state index in [1.165, 1.54) is 0 Å². The summed E-state index contributed by atoms with van der Waals surface area (Å²) in [5, 5.41) is 3.54. The first-order valence-electron chi connectivity index (χ1n) is 7.25. The molecule has 1 N–H and O–H groups in total. The van der Waals surface area contributed by atoms with Gasteiger partial charge in [0, 0.05) is 6.61 Å². The van der Waals surface area contributed by atoms with Gasteiger partial charge in [-0.3, -0.25) is 10.1 Å². The number of nitrogens with zero attached hydrogens (tertiary/aromatic N) is 1. The van der Waals surface area contributed by atoms with E-state index in [0.717, 1.165) is 32.3 Å². The number of hydrogen-bond acceptors (Lipinski definition) is 3. The molecule has 2 heterocycles. The monoisotopic (exact) mass is 254 g/mol. The van der Waals surface area contributed by atoms with Crippen molar-refractivity contribution in [2.75, 3.05) is 6.61 Å². The van der Waals surface area contributed by atoms with Gasteiger partial charge in [-0.1, -0.05) is 20.3 Å². The lowest BCUT2D eigenvalue weighted by atomic mass is 9.98. The van der Waals surface area contributed by atoms with Crippen LogP contribution < -0.4 is 5.32 Å². The highest BCUT2D eigenvalue weighted by Crippen LogP contribution is 2.32. The van der Waals surface area contributed by atoms with Crippen molar-refractivity contribution in [3.63, 3.8) is 0 Å². The molecule has 0 aromatic rings. The molecular formula is C14H26N2O2. The fourth-order valence-electron chi connectivity index (χ4n) is 3.13. The Morgan fingerprint density at radius 2 is 2.22 bits per heavy atom. The standard InChI is InChI=1S/C14H26N2O2/c1-5-7-12-15-14(4,6-2)13(17)16(12)11-8-9-18-10(11)3/h10-12,15H,5-9H2,1-4H3. The number of rotatable bonds is 4. The predicted molar refractivity (Wildman–Crippen MR) is 71.2 cm³/mol. The SMILES string of the molecule is CCCC1NC(C)(CC)C(=O)N1C1CCOC1C. The van der Waals surface area contributed by atoms with Crippen molar-refractivity contribution in [1.82, 2.24) is 10.2 Å². The number of ether oxygens (including phenoxy) is 1. The number of amides is 1. The second-order valence-electron chi connectivity index (χ2n) is 5.78. The van der Waals surface area contributed by atoms with Crippen molar-refractivity contribution in [3.8, 4) is 0 Å². The maximum absolute atomic E-state index is 12.7. The summed E-state index contributed by atoms with van der Waals surface area (Å²) < 4.78 is 5.63. The molecule has 4 heteroatoms. The first-order chi connectivity index (χ1) is 8.53. The van der Waals surface area contributed by atoms with Crippen LogP contribution in [0, 0.1) is 0 Å². The van der Waals surface area contributed by atoms with E-state index in [9.17, 15) is 4.79 Å². The average Bonchev–Trinajstić information content (AvgIpc) is 2.84. The molecular weight excluding hydrogens is 228 g/mol. The van der Waals surface area contributed by atoms with Crippen LogP contribution in [0.25, 0.3) is 0 Å². The zero-order valence-corrected chi connectivity index (χ0v) is 12.0. The summed E-state index contributed by atoms with van der Waals surface area (Å²) in [6, 6.07) is 0.245. The Balaban J connectivity index is 2.21. The Morgan fingerprint density at radius 3 is 2.72 bits per heavy atom. The maximum Gasteiger partial charge on any atom is 0.244 e. The van der Waals surface area contributed by atoms with Crippen LogP contribution in [0.4, 0.5) is 0 Å². The molecule has 2 rings (SSSR count). The zero-order valence-electron chi connectivity index (χ0n) is 12.0. The highest BCUT2D eigenvalue weighted by atomic mass is 16.5. The predicted octanol–water partition coefficient (Wildman–Crippen LogP) is 1.89. The number of carbonyl (C=O) groups excluding carboxylic acids is 1. The summed E-state index contributed by atoms with van der Waals surface area (Å²) in [4.78, 5) is 14.8. The summed E-state index contributed by atoms with van der Waals surface area (Å²) in [5.74, 6) is 0.255. The lowest BCUT2D eigenvalue weighted by Crippen LogP contribution is -2.48. The van der Waals surface area contributed by atoms with E-state index in [1.807, 2.05) is 6.92 Å². The van der Waals surface area contributed by atoms with Gasteiger partial charge in [-0.05, 0) is 33.1 Å². The Hall–Kier alpha value is -0.610. The molecule has 2 aliphatic heterocycles. The van der Waals surface area contributed by atoms with Crippen molar-refractivity contribution in [1.29, 1.82) is 0 Å². The van der Waals surface area contributed by atoms with E-state index >= 15 is 0 Å². The summed E-state index contributed by atoms with van der Waals surface area (Å²) >= 11 is 0. The van der Waals surface area contributed by atoms with E-state index in [-0.39, 0.29) is 29.8 Å². The summed E-state index contributed by atoms with van der Waals surface area (Å²) in [7, 11) is 0. The molecule has 0 radical (unpaired) electrons. The van der Waals surface area contributed by atoms with Gasteiger partial charge in [0.2, 0.25) is 5.91 Å². The van der Waals surface area contributed by atoms with Crippen molar-refractivity contribution < 1.29 is 9.53 Å². The van der Waals surface area contributed by atoms with Gasteiger partial charge in [0.25, 0.3) is 0 Å². The van der Waals surface area contributed by atoms with Crippen LogP contribution in [-0.2, 0) is 9.53 Å². The molecule has 104 valence electrons. The van der Waals surface area contributed by atoms with E-state index < -0.39 is 0 Å². The minimum atomic E-state index is -0.387. The van der Waals surface area contributed by atoms with Crippen molar-refractivity contribution in [2.24, 2.45) is 0 Å². The van der Waals surface area contributed by atoms with E-state index in [1.54, 1.807) is 0 Å². The van der Waals surface area contributed by atoms with Gasteiger partial charge in [-0.15, -0.1) is 0 Å². The number of hydrogen-bond donors (Lipinski definition) is 1. The average molecular weight is 254 g/mol. The Kier molecular flexibility index (Phi) is 3.97. The molecule has 4 nitrogen and oxygen atoms in total. The third kappa shape index (κ3) is 2.16. The van der Waals surface area contributed by atoms with Crippen molar-refractivity contribution >= 4 is 5.91 Å². The Morgan fingerprint density at radius 1 is 1.50 bits per heavy atom. The van der Waals surface area contributed by atoms with Crippen molar-refractivity contribution in [2.45, 2.75) is 77.2 Å². The van der Waals surface area contributed by atoms with Crippen LogP contribution in [0.5, 0.6) is 0 Å². The van der Waals surface area contributed by atoms with Crippen LogP contribution in [0.3, 0.4) is 0 Å². The van der Waals surface area contributed by atoms with Crippen LogP contribution in [0.1, 0.15) is 53.4 Å². The third-order valence-electron chi connectivity index (χ3n) is 4.49. The van der Waals surface area contributed by atoms with Gasteiger partial charge in [0.1, 0.15) is 0 Å². The third-order valence-corrected chi connectivity index (χ3v) is 4.49. The molecule has 0 aromatic carbocycles. The molecule has 1 amide bonds. The van der Waals surface area contributed by atoms with Gasteiger partial charge in [-0.2, -0.15) is 0 Å². The molecule has 0 saturated carbocycles. The van der Waals surface area contributed by atoms with E-state index in [2.05, 4.69) is 31.0 Å². The van der Waals surface area contributed by atoms with Crippen molar-refractivity contribution in [3.05, 3.63) is 0 Å². The first-order valence-corrected chi connectivity index (χ1v) is 7.25. The van der Waals surface area contributed by atoms with E-state index in [0.29, 0.717) is 0 Å². The Labute approximate surface area is 110 Å². The summed E-state index contributed by atoms with van der Waals surface area (Å²) in [5.41, 5.74) is -0.387.